The molecule has 1 fully saturated rings. The highest BCUT2D eigenvalue weighted by Crippen LogP contribution is 2.42. The van der Waals surface area contributed by atoms with Crippen molar-refractivity contribution in [3.05, 3.63) is 0 Å². The maximum absolute atomic E-state index is 12.1. The van der Waals surface area contributed by atoms with Crippen molar-refractivity contribution in [2.75, 3.05) is 6.54 Å². The minimum atomic E-state index is 0.162. The Balaban J connectivity index is 2.52. The molecular formula is C13H26N2O. The number of carbonyl (C=O) groups excluding carboxylic acids is 1. The van der Waals surface area contributed by atoms with Crippen LogP contribution in [0, 0.1) is 17.3 Å². The molecule has 1 rings (SSSR count). The molecule has 0 aromatic rings. The van der Waals surface area contributed by atoms with Gasteiger partial charge in [-0.2, -0.15) is 0 Å². The molecule has 94 valence electrons. The molecule has 0 bridgehead atoms. The summed E-state index contributed by atoms with van der Waals surface area (Å²) in [5.41, 5.74) is 5.77. The first kappa shape index (κ1) is 13.5. The number of hydrogen-bond donors (Lipinski definition) is 2. The molecule has 1 aliphatic carbocycles. The summed E-state index contributed by atoms with van der Waals surface area (Å²) in [6.45, 7) is 9.13. The van der Waals surface area contributed by atoms with E-state index < -0.39 is 0 Å². The van der Waals surface area contributed by atoms with Crippen LogP contribution in [0.2, 0.25) is 0 Å². The standard InChI is InChI=1S/C13H26N2O/c1-9(8-14)10(2)15-12(16)11-6-5-7-13(11,3)4/h9-11H,5-8,14H2,1-4H3,(H,15,16). The molecule has 0 saturated heterocycles. The summed E-state index contributed by atoms with van der Waals surface area (Å²) < 4.78 is 0. The third kappa shape index (κ3) is 2.97. The lowest BCUT2D eigenvalue weighted by Crippen LogP contribution is -2.44. The van der Waals surface area contributed by atoms with Crippen molar-refractivity contribution in [2.24, 2.45) is 23.0 Å². The van der Waals surface area contributed by atoms with E-state index in [1.165, 1.54) is 6.42 Å². The SMILES string of the molecule is CC(CN)C(C)NC(=O)C1CCCC1(C)C. The summed E-state index contributed by atoms with van der Waals surface area (Å²) in [5, 5.41) is 3.11. The van der Waals surface area contributed by atoms with Gasteiger partial charge in [-0.3, -0.25) is 4.79 Å². The molecule has 0 heterocycles. The van der Waals surface area contributed by atoms with Gasteiger partial charge in [0.2, 0.25) is 5.91 Å². The van der Waals surface area contributed by atoms with Crippen LogP contribution in [0.3, 0.4) is 0 Å². The highest BCUT2D eigenvalue weighted by molar-refractivity contribution is 5.80. The van der Waals surface area contributed by atoms with Crippen molar-refractivity contribution in [1.29, 1.82) is 0 Å². The van der Waals surface area contributed by atoms with E-state index >= 15 is 0 Å². The molecule has 0 aromatic carbocycles. The van der Waals surface area contributed by atoms with Crippen molar-refractivity contribution in [1.82, 2.24) is 5.32 Å². The fraction of sp³-hybridized carbons (Fsp3) is 0.923. The fourth-order valence-electron chi connectivity index (χ4n) is 2.48. The molecule has 3 atom stereocenters. The number of nitrogens with two attached hydrogens (primary N) is 1. The molecule has 3 nitrogen and oxygen atoms in total. The third-order valence-electron chi connectivity index (χ3n) is 4.17. The lowest BCUT2D eigenvalue weighted by atomic mass is 9.81. The van der Waals surface area contributed by atoms with Crippen molar-refractivity contribution in [2.45, 2.75) is 53.0 Å². The number of nitrogens with one attached hydrogen (secondary N) is 1. The highest BCUT2D eigenvalue weighted by Gasteiger charge is 2.39. The van der Waals surface area contributed by atoms with Gasteiger partial charge in [-0.15, -0.1) is 0 Å². The van der Waals surface area contributed by atoms with Gasteiger partial charge >= 0.3 is 0 Å². The zero-order valence-electron chi connectivity index (χ0n) is 11.0. The highest BCUT2D eigenvalue weighted by atomic mass is 16.2. The monoisotopic (exact) mass is 226 g/mol. The van der Waals surface area contributed by atoms with Crippen LogP contribution >= 0.6 is 0 Å². The van der Waals surface area contributed by atoms with E-state index in [4.69, 9.17) is 5.73 Å². The zero-order valence-corrected chi connectivity index (χ0v) is 11.0. The Labute approximate surface area is 99.2 Å². The van der Waals surface area contributed by atoms with E-state index in [2.05, 4.69) is 26.1 Å². The van der Waals surface area contributed by atoms with Gasteiger partial charge in [0.25, 0.3) is 0 Å². The molecule has 1 saturated carbocycles. The molecule has 16 heavy (non-hydrogen) atoms. The first-order chi connectivity index (χ1) is 7.38. The van der Waals surface area contributed by atoms with Gasteiger partial charge in [0.1, 0.15) is 0 Å². The third-order valence-corrected chi connectivity index (χ3v) is 4.17. The van der Waals surface area contributed by atoms with Crippen LogP contribution in [0.5, 0.6) is 0 Å². The predicted molar refractivity (Wildman–Crippen MR) is 66.9 cm³/mol. The molecule has 3 unspecified atom stereocenters. The Morgan fingerprint density at radius 3 is 2.56 bits per heavy atom. The Hall–Kier alpha value is -0.570. The van der Waals surface area contributed by atoms with E-state index in [-0.39, 0.29) is 23.3 Å². The molecule has 3 heteroatoms. The maximum Gasteiger partial charge on any atom is 0.223 e. The summed E-state index contributed by atoms with van der Waals surface area (Å²) in [6.07, 6.45) is 3.36. The van der Waals surface area contributed by atoms with Crippen LogP contribution in [0.15, 0.2) is 0 Å². The Morgan fingerprint density at radius 2 is 2.12 bits per heavy atom. The molecule has 1 amide bonds. The molecule has 1 aliphatic rings. The first-order valence-corrected chi connectivity index (χ1v) is 6.39. The average Bonchev–Trinajstić information content (AvgIpc) is 2.56. The lowest BCUT2D eigenvalue weighted by Gasteiger charge is -2.28. The van der Waals surface area contributed by atoms with Crippen LogP contribution in [0.1, 0.15) is 47.0 Å². The van der Waals surface area contributed by atoms with Gasteiger partial charge < -0.3 is 11.1 Å². The van der Waals surface area contributed by atoms with E-state index in [1.807, 2.05) is 6.92 Å². The largest absolute Gasteiger partial charge is 0.353 e. The summed E-state index contributed by atoms with van der Waals surface area (Å²) >= 11 is 0. The quantitative estimate of drug-likeness (QED) is 0.769. The summed E-state index contributed by atoms with van der Waals surface area (Å²) in [4.78, 5) is 12.1. The number of hydrogen-bond acceptors (Lipinski definition) is 2. The minimum absolute atomic E-state index is 0.162. The van der Waals surface area contributed by atoms with Gasteiger partial charge in [-0.05, 0) is 37.6 Å². The molecule has 0 radical (unpaired) electrons. The number of carbonyl (C=O) groups is 1. The van der Waals surface area contributed by atoms with Crippen molar-refractivity contribution in [3.8, 4) is 0 Å². The van der Waals surface area contributed by atoms with Crippen LogP contribution < -0.4 is 11.1 Å². The van der Waals surface area contributed by atoms with Gasteiger partial charge in [-0.25, -0.2) is 0 Å². The molecule has 0 spiro atoms. The van der Waals surface area contributed by atoms with E-state index in [0.29, 0.717) is 12.5 Å². The predicted octanol–water partition coefficient (Wildman–Crippen LogP) is 1.91. The van der Waals surface area contributed by atoms with Gasteiger partial charge in [0, 0.05) is 12.0 Å². The van der Waals surface area contributed by atoms with E-state index in [9.17, 15) is 4.79 Å². The minimum Gasteiger partial charge on any atom is -0.353 e. The van der Waals surface area contributed by atoms with Gasteiger partial charge in [0.15, 0.2) is 0 Å². The zero-order chi connectivity index (χ0) is 12.3. The average molecular weight is 226 g/mol. The lowest BCUT2D eigenvalue weighted by molar-refractivity contribution is -0.128. The second-order valence-electron chi connectivity index (χ2n) is 5.94. The number of rotatable bonds is 4. The maximum atomic E-state index is 12.1. The number of amides is 1. The molecule has 0 aliphatic heterocycles. The molecule has 0 aromatic heterocycles. The van der Waals surface area contributed by atoms with Crippen LogP contribution in [0.25, 0.3) is 0 Å². The first-order valence-electron chi connectivity index (χ1n) is 6.39. The Kier molecular flexibility index (Phi) is 4.36. The Morgan fingerprint density at radius 1 is 1.50 bits per heavy atom. The summed E-state index contributed by atoms with van der Waals surface area (Å²) in [6, 6.07) is 0.175. The summed E-state index contributed by atoms with van der Waals surface area (Å²) in [7, 11) is 0. The topological polar surface area (TPSA) is 55.1 Å². The second kappa shape index (κ2) is 5.17. The Bertz CT molecular complexity index is 250. The van der Waals surface area contributed by atoms with Crippen LogP contribution in [-0.4, -0.2) is 18.5 Å². The normalized spacial score (nSPS) is 27.4. The van der Waals surface area contributed by atoms with Crippen LogP contribution in [0.4, 0.5) is 0 Å². The molecule has 3 N–H and O–H groups in total. The van der Waals surface area contributed by atoms with Crippen molar-refractivity contribution < 1.29 is 4.79 Å². The van der Waals surface area contributed by atoms with Crippen molar-refractivity contribution >= 4 is 5.91 Å². The van der Waals surface area contributed by atoms with Crippen LogP contribution in [-0.2, 0) is 4.79 Å². The van der Waals surface area contributed by atoms with Gasteiger partial charge in [0.05, 0.1) is 0 Å². The van der Waals surface area contributed by atoms with E-state index in [1.54, 1.807) is 0 Å². The fourth-order valence-corrected chi connectivity index (χ4v) is 2.48. The van der Waals surface area contributed by atoms with E-state index in [0.717, 1.165) is 12.8 Å². The smallest absolute Gasteiger partial charge is 0.223 e. The summed E-state index contributed by atoms with van der Waals surface area (Å²) in [5.74, 6) is 0.740. The molecular weight excluding hydrogens is 200 g/mol. The van der Waals surface area contributed by atoms with Crippen molar-refractivity contribution in [3.63, 3.8) is 0 Å². The second-order valence-corrected chi connectivity index (χ2v) is 5.94. The van der Waals surface area contributed by atoms with Gasteiger partial charge in [-0.1, -0.05) is 27.2 Å².